The van der Waals surface area contributed by atoms with Crippen molar-refractivity contribution in [3.05, 3.63) is 34.9 Å². The molecule has 2 heterocycles. The Morgan fingerprint density at radius 2 is 1.64 bits per heavy atom. The lowest BCUT2D eigenvalue weighted by molar-refractivity contribution is -0.138. The normalized spacial score (nSPS) is 21.6. The summed E-state index contributed by atoms with van der Waals surface area (Å²) in [6.45, 7) is 5.39. The van der Waals surface area contributed by atoms with Crippen LogP contribution in [0.25, 0.3) is 0 Å². The van der Waals surface area contributed by atoms with Crippen LogP contribution in [0.15, 0.2) is 24.3 Å². The van der Waals surface area contributed by atoms with E-state index in [4.69, 9.17) is 11.6 Å². The first kappa shape index (κ1) is 15.8. The number of hydrogen-bond acceptors (Lipinski definition) is 3. The molecule has 1 unspecified atom stereocenters. The van der Waals surface area contributed by atoms with Crippen molar-refractivity contribution in [1.29, 1.82) is 0 Å². The van der Waals surface area contributed by atoms with Crippen molar-refractivity contribution in [1.82, 2.24) is 15.1 Å². The van der Waals surface area contributed by atoms with Gasteiger partial charge in [0, 0.05) is 31.2 Å². The van der Waals surface area contributed by atoms with E-state index in [9.17, 15) is 4.79 Å². The summed E-state index contributed by atoms with van der Waals surface area (Å²) < 4.78 is 0. The number of halogens is 1. The molecule has 22 heavy (non-hydrogen) atoms. The summed E-state index contributed by atoms with van der Waals surface area (Å²) >= 11 is 6.01. The summed E-state index contributed by atoms with van der Waals surface area (Å²) in [6, 6.07) is 7.62. The Morgan fingerprint density at radius 3 is 2.27 bits per heavy atom. The molecule has 2 aliphatic heterocycles. The molecule has 1 N–H and O–H groups in total. The fourth-order valence-corrected chi connectivity index (χ4v) is 3.52. The fraction of sp³-hybridized carbons (Fsp3) is 0.588. The van der Waals surface area contributed by atoms with Gasteiger partial charge in [-0.25, -0.2) is 0 Å². The lowest BCUT2D eigenvalue weighted by Crippen LogP contribution is -2.51. The zero-order valence-electron chi connectivity index (χ0n) is 12.9. The van der Waals surface area contributed by atoms with Crippen LogP contribution in [-0.4, -0.2) is 55.0 Å². The molecule has 0 bridgehead atoms. The summed E-state index contributed by atoms with van der Waals surface area (Å²) in [6.07, 6.45) is 3.63. The Labute approximate surface area is 137 Å². The zero-order chi connectivity index (χ0) is 15.4. The third-order valence-corrected chi connectivity index (χ3v) is 4.86. The van der Waals surface area contributed by atoms with Crippen molar-refractivity contribution >= 4 is 17.5 Å². The van der Waals surface area contributed by atoms with Crippen LogP contribution in [0.4, 0.5) is 0 Å². The smallest absolute Gasteiger partial charge is 0.244 e. The van der Waals surface area contributed by atoms with E-state index in [0.717, 1.165) is 49.9 Å². The van der Waals surface area contributed by atoms with Gasteiger partial charge < -0.3 is 10.2 Å². The van der Waals surface area contributed by atoms with E-state index in [0.29, 0.717) is 0 Å². The number of amides is 1. The maximum Gasteiger partial charge on any atom is 0.244 e. The third kappa shape index (κ3) is 3.62. The lowest BCUT2D eigenvalue weighted by atomic mass is 10.00. The lowest BCUT2D eigenvalue weighted by Gasteiger charge is -2.38. The van der Waals surface area contributed by atoms with Crippen LogP contribution < -0.4 is 5.32 Å². The number of hydrogen-bond donors (Lipinski definition) is 1. The maximum atomic E-state index is 13.1. The highest BCUT2D eigenvalue weighted by Gasteiger charge is 2.32. The second kappa shape index (κ2) is 7.44. The van der Waals surface area contributed by atoms with Crippen molar-refractivity contribution in [3.8, 4) is 0 Å². The van der Waals surface area contributed by atoms with Gasteiger partial charge in [0.15, 0.2) is 0 Å². The zero-order valence-corrected chi connectivity index (χ0v) is 13.7. The number of piperazine rings is 1. The standard InChI is InChI=1S/C17H24ClN3O/c18-15-6-4-14(5-7-15)16(20-10-2-1-3-11-20)17(22)21-12-8-19-9-13-21/h4-7,16,19H,1-3,8-13H2. The topological polar surface area (TPSA) is 35.6 Å². The van der Waals surface area contributed by atoms with E-state index < -0.39 is 0 Å². The number of likely N-dealkylation sites (tertiary alicyclic amines) is 1. The molecule has 2 fully saturated rings. The van der Waals surface area contributed by atoms with Gasteiger partial charge in [-0.3, -0.25) is 9.69 Å². The Morgan fingerprint density at radius 1 is 1.00 bits per heavy atom. The molecule has 2 aliphatic rings. The van der Waals surface area contributed by atoms with E-state index in [-0.39, 0.29) is 11.9 Å². The Bertz CT molecular complexity index is 493. The van der Waals surface area contributed by atoms with Crippen LogP contribution in [0.2, 0.25) is 5.02 Å². The minimum Gasteiger partial charge on any atom is -0.338 e. The Balaban J connectivity index is 1.84. The van der Waals surface area contributed by atoms with Gasteiger partial charge in [-0.05, 0) is 43.6 Å². The Hall–Kier alpha value is -1.10. The molecule has 1 aromatic carbocycles. The first-order valence-corrected chi connectivity index (χ1v) is 8.62. The first-order chi connectivity index (χ1) is 10.8. The van der Waals surface area contributed by atoms with Crippen LogP contribution in [0.5, 0.6) is 0 Å². The molecule has 2 saturated heterocycles. The van der Waals surface area contributed by atoms with Gasteiger partial charge in [-0.1, -0.05) is 30.2 Å². The molecule has 0 saturated carbocycles. The van der Waals surface area contributed by atoms with Gasteiger partial charge in [0.25, 0.3) is 0 Å². The highest BCUT2D eigenvalue weighted by Crippen LogP contribution is 2.28. The molecule has 4 nitrogen and oxygen atoms in total. The highest BCUT2D eigenvalue weighted by molar-refractivity contribution is 6.30. The molecule has 0 spiro atoms. The highest BCUT2D eigenvalue weighted by atomic mass is 35.5. The number of piperidine rings is 1. The molecule has 5 heteroatoms. The molecule has 1 amide bonds. The predicted octanol–water partition coefficient (Wildman–Crippen LogP) is 2.30. The van der Waals surface area contributed by atoms with Gasteiger partial charge in [0.1, 0.15) is 6.04 Å². The molecule has 0 aliphatic carbocycles. The molecule has 120 valence electrons. The summed E-state index contributed by atoms with van der Waals surface area (Å²) in [5.41, 5.74) is 1.06. The average Bonchev–Trinajstić information content (AvgIpc) is 2.58. The van der Waals surface area contributed by atoms with Crippen LogP contribution in [0.3, 0.4) is 0 Å². The fourth-order valence-electron chi connectivity index (χ4n) is 3.39. The number of nitrogens with one attached hydrogen (secondary N) is 1. The number of carbonyl (C=O) groups is 1. The van der Waals surface area contributed by atoms with Crippen LogP contribution in [-0.2, 0) is 4.79 Å². The van der Waals surface area contributed by atoms with Crippen molar-refractivity contribution in [2.24, 2.45) is 0 Å². The summed E-state index contributed by atoms with van der Waals surface area (Å²) in [4.78, 5) is 17.5. The maximum absolute atomic E-state index is 13.1. The first-order valence-electron chi connectivity index (χ1n) is 8.25. The number of carbonyl (C=O) groups excluding carboxylic acids is 1. The van der Waals surface area contributed by atoms with E-state index in [2.05, 4.69) is 10.2 Å². The molecule has 1 aromatic rings. The van der Waals surface area contributed by atoms with Crippen LogP contribution in [0.1, 0.15) is 30.9 Å². The second-order valence-corrected chi connectivity index (χ2v) is 6.56. The van der Waals surface area contributed by atoms with Gasteiger partial charge in [0.05, 0.1) is 0 Å². The van der Waals surface area contributed by atoms with Gasteiger partial charge in [-0.15, -0.1) is 0 Å². The van der Waals surface area contributed by atoms with Crippen LogP contribution in [0, 0.1) is 0 Å². The molecular formula is C17H24ClN3O. The number of rotatable bonds is 3. The molecule has 0 aromatic heterocycles. The summed E-state index contributed by atoms with van der Waals surface area (Å²) in [5.74, 6) is 0.241. The third-order valence-electron chi connectivity index (χ3n) is 4.60. The summed E-state index contributed by atoms with van der Waals surface area (Å²) in [7, 11) is 0. The van der Waals surface area contributed by atoms with Crippen molar-refractivity contribution in [2.45, 2.75) is 25.3 Å². The molecule has 0 radical (unpaired) electrons. The number of nitrogens with zero attached hydrogens (tertiary/aromatic N) is 2. The number of benzene rings is 1. The van der Waals surface area contributed by atoms with Gasteiger partial charge in [-0.2, -0.15) is 0 Å². The van der Waals surface area contributed by atoms with Crippen molar-refractivity contribution in [3.63, 3.8) is 0 Å². The minimum absolute atomic E-state index is 0.157. The van der Waals surface area contributed by atoms with E-state index >= 15 is 0 Å². The molecule has 3 rings (SSSR count). The van der Waals surface area contributed by atoms with Gasteiger partial charge >= 0.3 is 0 Å². The minimum atomic E-state index is -0.157. The van der Waals surface area contributed by atoms with Crippen LogP contribution >= 0.6 is 11.6 Å². The second-order valence-electron chi connectivity index (χ2n) is 6.13. The SMILES string of the molecule is O=C(C(c1ccc(Cl)cc1)N1CCCCC1)N1CCNCC1. The molecule has 1 atom stereocenters. The van der Waals surface area contributed by atoms with E-state index in [1.54, 1.807) is 0 Å². The quantitative estimate of drug-likeness (QED) is 0.928. The monoisotopic (exact) mass is 321 g/mol. The van der Waals surface area contributed by atoms with E-state index in [1.165, 1.54) is 19.3 Å². The largest absolute Gasteiger partial charge is 0.338 e. The summed E-state index contributed by atoms with van der Waals surface area (Å²) in [5, 5.41) is 4.03. The van der Waals surface area contributed by atoms with E-state index in [1.807, 2.05) is 29.2 Å². The predicted molar refractivity (Wildman–Crippen MR) is 89.1 cm³/mol. The van der Waals surface area contributed by atoms with Gasteiger partial charge in [0.2, 0.25) is 5.91 Å². The van der Waals surface area contributed by atoms with Crippen molar-refractivity contribution < 1.29 is 4.79 Å². The Kier molecular flexibility index (Phi) is 5.34. The van der Waals surface area contributed by atoms with Crippen molar-refractivity contribution in [2.75, 3.05) is 39.3 Å². The molecular weight excluding hydrogens is 298 g/mol. The average molecular weight is 322 g/mol.